The van der Waals surface area contributed by atoms with E-state index in [2.05, 4.69) is 12.2 Å². The van der Waals surface area contributed by atoms with Crippen LogP contribution in [0.15, 0.2) is 0 Å². The van der Waals surface area contributed by atoms with Crippen LogP contribution in [0.2, 0.25) is 0 Å². The summed E-state index contributed by atoms with van der Waals surface area (Å²) >= 11 is 0. The smallest absolute Gasteiger partial charge is 0.153 e. The SMILES string of the molecule is CCC1CCCC1NCC(C)(C)S(C)(=O)=O. The molecule has 2 atom stereocenters. The van der Waals surface area contributed by atoms with E-state index >= 15 is 0 Å². The maximum atomic E-state index is 11.6. The van der Waals surface area contributed by atoms with Gasteiger partial charge < -0.3 is 5.32 Å². The molecule has 0 amide bonds. The number of sulfone groups is 1. The number of hydrogen-bond donors (Lipinski definition) is 1. The molecule has 0 radical (unpaired) electrons. The van der Waals surface area contributed by atoms with E-state index in [1.165, 1.54) is 31.9 Å². The van der Waals surface area contributed by atoms with Crippen LogP contribution in [0.1, 0.15) is 46.5 Å². The quantitative estimate of drug-likeness (QED) is 0.808. The summed E-state index contributed by atoms with van der Waals surface area (Å²) in [4.78, 5) is 0. The van der Waals surface area contributed by atoms with E-state index in [1.807, 2.05) is 0 Å². The fraction of sp³-hybridized carbons (Fsp3) is 1.00. The Morgan fingerprint density at radius 2 is 1.94 bits per heavy atom. The van der Waals surface area contributed by atoms with Crippen LogP contribution >= 0.6 is 0 Å². The van der Waals surface area contributed by atoms with Gasteiger partial charge in [0.15, 0.2) is 9.84 Å². The van der Waals surface area contributed by atoms with Gasteiger partial charge in [0.2, 0.25) is 0 Å². The molecule has 1 aliphatic carbocycles. The largest absolute Gasteiger partial charge is 0.312 e. The van der Waals surface area contributed by atoms with Crippen LogP contribution in [0.25, 0.3) is 0 Å². The van der Waals surface area contributed by atoms with Gasteiger partial charge in [-0.05, 0) is 32.6 Å². The highest BCUT2D eigenvalue weighted by Gasteiger charge is 2.33. The van der Waals surface area contributed by atoms with Crippen LogP contribution in [-0.4, -0.2) is 32.0 Å². The molecule has 0 aromatic carbocycles. The molecule has 0 bridgehead atoms. The van der Waals surface area contributed by atoms with E-state index in [4.69, 9.17) is 0 Å². The van der Waals surface area contributed by atoms with E-state index in [0.29, 0.717) is 12.6 Å². The molecule has 4 heteroatoms. The first kappa shape index (κ1) is 14.0. The average Bonchev–Trinajstić information content (AvgIpc) is 2.60. The summed E-state index contributed by atoms with van der Waals surface area (Å²) in [6.07, 6.45) is 6.26. The second kappa shape index (κ2) is 5.05. The lowest BCUT2D eigenvalue weighted by molar-refractivity contribution is 0.375. The molecular weight excluding hydrogens is 222 g/mol. The molecule has 1 fully saturated rings. The zero-order valence-electron chi connectivity index (χ0n) is 10.9. The van der Waals surface area contributed by atoms with E-state index in [1.54, 1.807) is 13.8 Å². The van der Waals surface area contributed by atoms with Crippen LogP contribution < -0.4 is 5.32 Å². The average molecular weight is 247 g/mol. The Bertz CT molecular complexity index is 322. The molecule has 0 saturated heterocycles. The van der Waals surface area contributed by atoms with Crippen LogP contribution in [0, 0.1) is 5.92 Å². The number of rotatable bonds is 5. The van der Waals surface area contributed by atoms with Crippen LogP contribution in [0.3, 0.4) is 0 Å². The fourth-order valence-electron chi connectivity index (χ4n) is 2.30. The predicted molar refractivity (Wildman–Crippen MR) is 68.3 cm³/mol. The summed E-state index contributed by atoms with van der Waals surface area (Å²) in [7, 11) is -2.98. The minimum Gasteiger partial charge on any atom is -0.312 e. The van der Waals surface area contributed by atoms with Crippen molar-refractivity contribution in [1.82, 2.24) is 5.32 Å². The molecule has 1 saturated carbocycles. The normalized spacial score (nSPS) is 27.2. The summed E-state index contributed by atoms with van der Waals surface area (Å²) in [6, 6.07) is 0.519. The second-order valence-electron chi connectivity index (χ2n) is 5.62. The van der Waals surface area contributed by atoms with Crippen molar-refractivity contribution in [2.75, 3.05) is 12.8 Å². The molecule has 0 aromatic rings. The van der Waals surface area contributed by atoms with Crippen LogP contribution in [0.4, 0.5) is 0 Å². The highest BCUT2D eigenvalue weighted by molar-refractivity contribution is 7.92. The zero-order valence-corrected chi connectivity index (χ0v) is 11.7. The van der Waals surface area contributed by atoms with Gasteiger partial charge in [0, 0.05) is 18.8 Å². The van der Waals surface area contributed by atoms with Crippen molar-refractivity contribution in [3.05, 3.63) is 0 Å². The molecule has 1 rings (SSSR count). The highest BCUT2D eigenvalue weighted by Crippen LogP contribution is 2.28. The van der Waals surface area contributed by atoms with Gasteiger partial charge in [0.05, 0.1) is 4.75 Å². The van der Waals surface area contributed by atoms with Crippen LogP contribution in [-0.2, 0) is 9.84 Å². The molecule has 0 aliphatic heterocycles. The minimum absolute atomic E-state index is 0.519. The standard InChI is InChI=1S/C12H25NO2S/c1-5-10-7-6-8-11(10)13-9-12(2,3)16(4,14)15/h10-11,13H,5-9H2,1-4H3. The molecule has 0 aromatic heterocycles. The maximum Gasteiger partial charge on any atom is 0.153 e. The van der Waals surface area contributed by atoms with Crippen molar-refractivity contribution < 1.29 is 8.42 Å². The first-order chi connectivity index (χ1) is 7.28. The van der Waals surface area contributed by atoms with E-state index in [9.17, 15) is 8.42 Å². The van der Waals surface area contributed by atoms with Gasteiger partial charge in [0.1, 0.15) is 0 Å². The molecule has 1 N–H and O–H groups in total. The van der Waals surface area contributed by atoms with Crippen molar-refractivity contribution in [1.29, 1.82) is 0 Å². The first-order valence-electron chi connectivity index (χ1n) is 6.21. The predicted octanol–water partition coefficient (Wildman–Crippen LogP) is 1.98. The maximum absolute atomic E-state index is 11.6. The van der Waals surface area contributed by atoms with Crippen molar-refractivity contribution in [3.8, 4) is 0 Å². The van der Waals surface area contributed by atoms with E-state index in [-0.39, 0.29) is 0 Å². The third kappa shape index (κ3) is 3.20. The van der Waals surface area contributed by atoms with Crippen molar-refractivity contribution in [2.45, 2.75) is 57.2 Å². The molecule has 3 nitrogen and oxygen atoms in total. The molecular formula is C12H25NO2S. The minimum atomic E-state index is -2.98. The van der Waals surface area contributed by atoms with Gasteiger partial charge >= 0.3 is 0 Å². The van der Waals surface area contributed by atoms with E-state index < -0.39 is 14.6 Å². The Morgan fingerprint density at radius 3 is 2.44 bits per heavy atom. The molecule has 16 heavy (non-hydrogen) atoms. The third-order valence-corrected chi connectivity index (χ3v) is 6.13. The Hall–Kier alpha value is -0.0900. The summed E-state index contributed by atoms with van der Waals surface area (Å²) in [5, 5.41) is 3.45. The fourth-order valence-corrected chi connectivity index (χ4v) is 2.65. The Balaban J connectivity index is 2.51. The van der Waals surface area contributed by atoms with Gasteiger partial charge in [-0.3, -0.25) is 0 Å². The topological polar surface area (TPSA) is 46.2 Å². The van der Waals surface area contributed by atoms with Crippen LogP contribution in [0.5, 0.6) is 0 Å². The number of nitrogens with one attached hydrogen (secondary N) is 1. The lowest BCUT2D eigenvalue weighted by Gasteiger charge is -2.27. The summed E-state index contributed by atoms with van der Waals surface area (Å²) in [6.45, 7) is 6.37. The number of hydrogen-bond acceptors (Lipinski definition) is 3. The Kier molecular flexibility index (Phi) is 4.41. The summed E-state index contributed by atoms with van der Waals surface area (Å²) in [5.41, 5.74) is 0. The van der Waals surface area contributed by atoms with Gasteiger partial charge in [0.25, 0.3) is 0 Å². The first-order valence-corrected chi connectivity index (χ1v) is 8.10. The zero-order chi connectivity index (χ0) is 12.4. The molecule has 0 heterocycles. The highest BCUT2D eigenvalue weighted by atomic mass is 32.2. The van der Waals surface area contributed by atoms with Gasteiger partial charge in [-0.1, -0.05) is 19.8 Å². The summed E-state index contributed by atoms with van der Waals surface area (Å²) in [5.74, 6) is 0.732. The summed E-state index contributed by atoms with van der Waals surface area (Å²) < 4.78 is 22.5. The van der Waals surface area contributed by atoms with Gasteiger partial charge in [-0.15, -0.1) is 0 Å². The Morgan fingerprint density at radius 1 is 1.31 bits per heavy atom. The third-order valence-electron chi connectivity index (χ3n) is 3.98. The van der Waals surface area contributed by atoms with Crippen molar-refractivity contribution in [3.63, 3.8) is 0 Å². The second-order valence-corrected chi connectivity index (χ2v) is 8.27. The lowest BCUT2D eigenvalue weighted by atomic mass is 10.0. The molecule has 2 unspecified atom stereocenters. The monoisotopic (exact) mass is 247 g/mol. The van der Waals surface area contributed by atoms with E-state index in [0.717, 1.165) is 5.92 Å². The molecule has 0 spiro atoms. The Labute approximate surface area is 99.9 Å². The molecule has 1 aliphatic rings. The van der Waals surface area contributed by atoms with Crippen molar-refractivity contribution in [2.24, 2.45) is 5.92 Å². The molecule has 96 valence electrons. The van der Waals surface area contributed by atoms with Gasteiger partial charge in [-0.25, -0.2) is 8.42 Å². The van der Waals surface area contributed by atoms with Gasteiger partial charge in [-0.2, -0.15) is 0 Å². The lowest BCUT2D eigenvalue weighted by Crippen LogP contribution is -2.46. The van der Waals surface area contributed by atoms with Crippen molar-refractivity contribution >= 4 is 9.84 Å².